The van der Waals surface area contributed by atoms with E-state index in [-0.39, 0.29) is 12.5 Å². The Balaban J connectivity index is 1.32. The lowest BCUT2D eigenvalue weighted by Crippen LogP contribution is -2.50. The first kappa shape index (κ1) is 21.1. The Hall–Kier alpha value is -3.19. The Kier molecular flexibility index (Phi) is 6.32. The molecule has 31 heavy (non-hydrogen) atoms. The molecule has 7 nitrogen and oxygen atoms in total. The fourth-order valence-electron chi connectivity index (χ4n) is 3.96. The highest BCUT2D eigenvalue weighted by molar-refractivity contribution is 5.88. The zero-order chi connectivity index (χ0) is 21.8. The lowest BCUT2D eigenvalue weighted by atomic mass is 10.1. The smallest absolute Gasteiger partial charge is 0.336 e. The molecule has 7 heteroatoms. The maximum Gasteiger partial charge on any atom is 0.336 e. The fourth-order valence-corrected chi connectivity index (χ4v) is 3.96. The number of nitrogens with zero attached hydrogens (tertiary/aromatic N) is 3. The van der Waals surface area contributed by atoms with Crippen molar-refractivity contribution in [1.29, 1.82) is 0 Å². The molecule has 0 saturated carbocycles. The number of aromatic nitrogens is 1. The number of ether oxygens (including phenoxy) is 1. The van der Waals surface area contributed by atoms with Gasteiger partial charge in [0, 0.05) is 57.1 Å². The maximum absolute atomic E-state index is 12.7. The first-order chi connectivity index (χ1) is 15.0. The van der Waals surface area contributed by atoms with E-state index in [1.54, 1.807) is 0 Å². The number of pyridine rings is 1. The van der Waals surface area contributed by atoms with Gasteiger partial charge in [0.25, 0.3) is 5.91 Å². The summed E-state index contributed by atoms with van der Waals surface area (Å²) < 4.78 is 11.2. The summed E-state index contributed by atoms with van der Waals surface area (Å²) >= 11 is 0. The summed E-state index contributed by atoms with van der Waals surface area (Å²) in [6.07, 6.45) is 2.73. The molecule has 2 aromatic heterocycles. The van der Waals surface area contributed by atoms with Crippen LogP contribution in [0.5, 0.6) is 5.75 Å². The molecule has 3 heterocycles. The van der Waals surface area contributed by atoms with Gasteiger partial charge in [0.1, 0.15) is 11.3 Å². The van der Waals surface area contributed by atoms with E-state index in [9.17, 15) is 9.59 Å². The van der Waals surface area contributed by atoms with Gasteiger partial charge in [-0.15, -0.1) is 0 Å². The van der Waals surface area contributed by atoms with Crippen molar-refractivity contribution >= 4 is 16.9 Å². The van der Waals surface area contributed by atoms with Crippen molar-refractivity contribution in [1.82, 2.24) is 14.8 Å². The van der Waals surface area contributed by atoms with E-state index >= 15 is 0 Å². The van der Waals surface area contributed by atoms with Crippen molar-refractivity contribution in [3.05, 3.63) is 69.8 Å². The van der Waals surface area contributed by atoms with E-state index in [4.69, 9.17) is 9.15 Å². The van der Waals surface area contributed by atoms with E-state index < -0.39 is 5.63 Å². The zero-order valence-corrected chi connectivity index (χ0v) is 18.0. The highest BCUT2D eigenvalue weighted by Gasteiger charge is 2.22. The average molecular weight is 421 g/mol. The second-order valence-corrected chi connectivity index (χ2v) is 7.97. The predicted octanol–water partition coefficient (Wildman–Crippen LogP) is 2.57. The predicted molar refractivity (Wildman–Crippen MR) is 118 cm³/mol. The van der Waals surface area contributed by atoms with Crippen LogP contribution in [0.4, 0.5) is 0 Å². The molecule has 1 fully saturated rings. The van der Waals surface area contributed by atoms with Gasteiger partial charge >= 0.3 is 5.63 Å². The van der Waals surface area contributed by atoms with Crippen LogP contribution in [0.1, 0.15) is 16.8 Å². The van der Waals surface area contributed by atoms with Crippen LogP contribution in [-0.4, -0.2) is 60.0 Å². The highest BCUT2D eigenvalue weighted by Crippen LogP contribution is 2.29. The summed E-state index contributed by atoms with van der Waals surface area (Å²) in [5.41, 5.74) is 2.86. The van der Waals surface area contributed by atoms with Gasteiger partial charge in [0.2, 0.25) is 0 Å². The fraction of sp³-hybridized carbons (Fsp3) is 0.375. The minimum absolute atomic E-state index is 0.0333. The van der Waals surface area contributed by atoms with Gasteiger partial charge in [0.05, 0.1) is 5.39 Å². The van der Waals surface area contributed by atoms with Crippen molar-refractivity contribution in [3.63, 3.8) is 0 Å². The van der Waals surface area contributed by atoms with Crippen molar-refractivity contribution in [2.24, 2.45) is 0 Å². The van der Waals surface area contributed by atoms with Crippen molar-refractivity contribution in [2.75, 3.05) is 39.3 Å². The Morgan fingerprint density at radius 3 is 2.68 bits per heavy atom. The van der Waals surface area contributed by atoms with E-state index in [0.29, 0.717) is 24.4 Å². The average Bonchev–Trinajstić information content (AvgIpc) is 2.76. The summed E-state index contributed by atoms with van der Waals surface area (Å²) in [6.45, 7) is 7.71. The van der Waals surface area contributed by atoms with Gasteiger partial charge in [-0.05, 0) is 49.2 Å². The third-order valence-corrected chi connectivity index (χ3v) is 5.64. The standard InChI is InChI=1S/C24H27N3O4/c1-17-13-20(24-18(2)15-23(29)31-21(24)14-17)30-16-22(28)27-11-9-26(10-12-27)8-6-19-5-3-4-7-25-19/h3-5,7,13-15H,6,8-12,16H2,1-2H3. The number of amides is 1. The van der Waals surface area contributed by atoms with Crippen LogP contribution < -0.4 is 10.4 Å². The molecule has 1 aromatic carbocycles. The second-order valence-electron chi connectivity index (χ2n) is 7.97. The molecule has 1 amide bonds. The SMILES string of the molecule is Cc1cc(OCC(=O)N2CCN(CCc3ccccn3)CC2)c2c(C)cc(=O)oc2c1. The van der Waals surface area contributed by atoms with E-state index in [1.165, 1.54) is 6.07 Å². The molecule has 0 unspecified atom stereocenters. The van der Waals surface area contributed by atoms with Crippen LogP contribution in [0, 0.1) is 13.8 Å². The number of carbonyl (C=O) groups excluding carboxylic acids is 1. The third-order valence-electron chi connectivity index (χ3n) is 5.64. The number of hydrogen-bond acceptors (Lipinski definition) is 6. The lowest BCUT2D eigenvalue weighted by Gasteiger charge is -2.34. The van der Waals surface area contributed by atoms with Crippen molar-refractivity contribution in [3.8, 4) is 5.75 Å². The molecule has 1 aliphatic heterocycles. The summed E-state index contributed by atoms with van der Waals surface area (Å²) in [5.74, 6) is 0.535. The molecule has 162 valence electrons. The molecule has 0 N–H and O–H groups in total. The zero-order valence-electron chi connectivity index (χ0n) is 18.0. The van der Waals surface area contributed by atoms with Crippen LogP contribution in [0.3, 0.4) is 0 Å². The Morgan fingerprint density at radius 2 is 1.94 bits per heavy atom. The minimum Gasteiger partial charge on any atom is -0.483 e. The van der Waals surface area contributed by atoms with Crippen molar-refractivity contribution in [2.45, 2.75) is 20.3 Å². The van der Waals surface area contributed by atoms with Gasteiger partial charge in [-0.1, -0.05) is 6.07 Å². The topological polar surface area (TPSA) is 75.9 Å². The molecule has 0 bridgehead atoms. The van der Waals surface area contributed by atoms with Crippen LogP contribution in [0.2, 0.25) is 0 Å². The van der Waals surface area contributed by atoms with Crippen LogP contribution >= 0.6 is 0 Å². The number of fused-ring (bicyclic) bond motifs is 1. The van der Waals surface area contributed by atoms with Gasteiger partial charge < -0.3 is 14.1 Å². The molecule has 3 aromatic rings. The van der Waals surface area contributed by atoms with Gasteiger partial charge in [-0.2, -0.15) is 0 Å². The second kappa shape index (κ2) is 9.31. The summed E-state index contributed by atoms with van der Waals surface area (Å²) in [5, 5.41) is 0.734. The van der Waals surface area contributed by atoms with Gasteiger partial charge in [-0.3, -0.25) is 14.7 Å². The molecule has 1 aliphatic rings. The molecular weight excluding hydrogens is 394 g/mol. The van der Waals surface area contributed by atoms with Crippen LogP contribution in [0.15, 0.2) is 51.8 Å². The summed E-state index contributed by atoms with van der Waals surface area (Å²) in [6, 6.07) is 11.1. The maximum atomic E-state index is 12.7. The monoisotopic (exact) mass is 421 g/mol. The number of aryl methyl sites for hydroxylation is 2. The minimum atomic E-state index is -0.390. The highest BCUT2D eigenvalue weighted by atomic mass is 16.5. The Labute approximate surface area is 181 Å². The third kappa shape index (κ3) is 5.11. The number of piperazine rings is 1. The normalized spacial score (nSPS) is 14.7. The summed E-state index contributed by atoms with van der Waals surface area (Å²) in [7, 11) is 0. The van der Waals surface area contributed by atoms with Crippen LogP contribution in [0.25, 0.3) is 11.0 Å². The molecule has 0 spiro atoms. The number of hydrogen-bond donors (Lipinski definition) is 0. The number of benzene rings is 1. The molecule has 0 radical (unpaired) electrons. The first-order valence-corrected chi connectivity index (χ1v) is 10.6. The molecule has 0 atom stereocenters. The summed E-state index contributed by atoms with van der Waals surface area (Å²) in [4.78, 5) is 33.0. The molecule has 4 rings (SSSR count). The van der Waals surface area contributed by atoms with E-state index in [2.05, 4.69) is 9.88 Å². The Morgan fingerprint density at radius 1 is 1.13 bits per heavy atom. The molecular formula is C24H27N3O4. The largest absolute Gasteiger partial charge is 0.483 e. The lowest BCUT2D eigenvalue weighted by molar-refractivity contribution is -0.135. The van der Waals surface area contributed by atoms with E-state index in [1.807, 2.05) is 55.3 Å². The molecule has 0 aliphatic carbocycles. The van der Waals surface area contributed by atoms with Gasteiger partial charge in [-0.25, -0.2) is 4.79 Å². The number of rotatable bonds is 6. The van der Waals surface area contributed by atoms with Gasteiger partial charge in [0.15, 0.2) is 6.61 Å². The first-order valence-electron chi connectivity index (χ1n) is 10.6. The van der Waals surface area contributed by atoms with Crippen LogP contribution in [-0.2, 0) is 11.2 Å². The molecule has 1 saturated heterocycles. The Bertz CT molecular complexity index is 1120. The number of carbonyl (C=O) groups is 1. The van der Waals surface area contributed by atoms with E-state index in [0.717, 1.165) is 48.3 Å². The van der Waals surface area contributed by atoms with Crippen molar-refractivity contribution < 1.29 is 13.9 Å². The quantitative estimate of drug-likeness (QED) is 0.570.